The maximum Gasteiger partial charge on any atom is 0.276 e. The number of para-hydroxylation sites is 1. The third-order valence-electron chi connectivity index (χ3n) is 3.35. The zero-order valence-corrected chi connectivity index (χ0v) is 12.9. The summed E-state index contributed by atoms with van der Waals surface area (Å²) in [7, 11) is 0. The summed E-state index contributed by atoms with van der Waals surface area (Å²) in [4.78, 5) is 16.8. The van der Waals surface area contributed by atoms with E-state index in [0.717, 1.165) is 17.0 Å². The molecule has 0 aliphatic carbocycles. The molecule has 1 amide bonds. The number of fused-ring (bicyclic) bond motifs is 1. The first kappa shape index (κ1) is 14.3. The molecule has 5 heteroatoms. The highest BCUT2D eigenvalue weighted by molar-refractivity contribution is 6.02. The van der Waals surface area contributed by atoms with E-state index in [0.29, 0.717) is 5.69 Å². The van der Waals surface area contributed by atoms with Crippen LogP contribution in [0, 0.1) is 0 Å². The molecule has 5 nitrogen and oxygen atoms in total. The van der Waals surface area contributed by atoms with Crippen molar-refractivity contribution in [2.45, 2.75) is 26.2 Å². The van der Waals surface area contributed by atoms with Crippen molar-refractivity contribution in [2.75, 3.05) is 5.32 Å². The van der Waals surface area contributed by atoms with Crippen molar-refractivity contribution in [2.24, 2.45) is 0 Å². The van der Waals surface area contributed by atoms with Crippen molar-refractivity contribution in [3.05, 3.63) is 60.0 Å². The first-order chi connectivity index (χ1) is 10.4. The van der Waals surface area contributed by atoms with Crippen LogP contribution in [-0.2, 0) is 5.41 Å². The van der Waals surface area contributed by atoms with Gasteiger partial charge in [-0.05, 0) is 24.3 Å². The lowest BCUT2D eigenvalue weighted by atomic mass is 9.93. The highest BCUT2D eigenvalue weighted by atomic mass is 16.1. The Kier molecular flexibility index (Phi) is 3.41. The molecule has 0 unspecified atom stereocenters. The molecule has 2 heterocycles. The number of anilines is 1. The molecule has 112 valence electrons. The largest absolute Gasteiger partial charge is 0.321 e. The quantitative estimate of drug-likeness (QED) is 0.789. The standard InChI is InChI=1S/C17H18N4O/c1-17(2,3)14-11-21-15(19-14)10-9-13(20-21)16(22)18-12-7-5-4-6-8-12/h4-11H,1-3H3,(H,18,22). The minimum absolute atomic E-state index is 0.0554. The van der Waals surface area contributed by atoms with E-state index in [4.69, 9.17) is 0 Å². The zero-order chi connectivity index (χ0) is 15.7. The normalized spacial score (nSPS) is 11.6. The molecule has 2 aromatic heterocycles. The van der Waals surface area contributed by atoms with E-state index in [9.17, 15) is 4.79 Å². The molecule has 0 atom stereocenters. The molecule has 1 N–H and O–H groups in total. The Labute approximate surface area is 129 Å². The van der Waals surface area contributed by atoms with Crippen molar-refractivity contribution in [1.29, 1.82) is 0 Å². The lowest BCUT2D eigenvalue weighted by Crippen LogP contribution is -2.15. The smallest absolute Gasteiger partial charge is 0.276 e. The Balaban J connectivity index is 1.90. The maximum atomic E-state index is 12.3. The third kappa shape index (κ3) is 2.83. The second-order valence-electron chi connectivity index (χ2n) is 6.22. The SMILES string of the molecule is CC(C)(C)c1cn2nc(C(=O)Nc3ccccc3)ccc2n1. The molecule has 0 bridgehead atoms. The molecule has 0 fully saturated rings. The molecule has 0 saturated heterocycles. The molecular formula is C17H18N4O. The second-order valence-corrected chi connectivity index (χ2v) is 6.22. The first-order valence-corrected chi connectivity index (χ1v) is 7.17. The summed E-state index contributed by atoms with van der Waals surface area (Å²) in [5, 5.41) is 7.17. The number of hydrogen-bond donors (Lipinski definition) is 1. The lowest BCUT2D eigenvalue weighted by Gasteiger charge is -2.13. The van der Waals surface area contributed by atoms with Gasteiger partial charge in [0.2, 0.25) is 0 Å². The Morgan fingerprint density at radius 1 is 1.09 bits per heavy atom. The summed E-state index contributed by atoms with van der Waals surface area (Å²) in [6, 6.07) is 12.8. The predicted molar refractivity (Wildman–Crippen MR) is 86.1 cm³/mol. The maximum absolute atomic E-state index is 12.3. The molecule has 0 spiro atoms. The molecular weight excluding hydrogens is 276 g/mol. The van der Waals surface area contributed by atoms with Crippen molar-refractivity contribution in [3.8, 4) is 0 Å². The number of hydrogen-bond acceptors (Lipinski definition) is 3. The molecule has 0 aliphatic rings. The summed E-state index contributed by atoms with van der Waals surface area (Å²) >= 11 is 0. The fourth-order valence-electron chi connectivity index (χ4n) is 2.08. The summed E-state index contributed by atoms with van der Waals surface area (Å²) in [5.41, 5.74) is 2.73. The molecule has 3 rings (SSSR count). The topological polar surface area (TPSA) is 59.3 Å². The Morgan fingerprint density at radius 3 is 2.50 bits per heavy atom. The minimum atomic E-state index is -0.237. The molecule has 0 radical (unpaired) electrons. The second kappa shape index (κ2) is 5.26. The van der Waals surface area contributed by atoms with Gasteiger partial charge in [-0.1, -0.05) is 39.0 Å². The number of amides is 1. The number of nitrogens with one attached hydrogen (secondary N) is 1. The van der Waals surface area contributed by atoms with Gasteiger partial charge in [-0.25, -0.2) is 9.50 Å². The molecule has 3 aromatic rings. The van der Waals surface area contributed by atoms with Crippen LogP contribution in [0.25, 0.3) is 5.65 Å². The van der Waals surface area contributed by atoms with Crippen LogP contribution >= 0.6 is 0 Å². The summed E-state index contributed by atoms with van der Waals surface area (Å²) in [5.74, 6) is -0.237. The fourth-order valence-corrected chi connectivity index (χ4v) is 2.08. The molecule has 22 heavy (non-hydrogen) atoms. The average molecular weight is 294 g/mol. The van der Waals surface area contributed by atoms with Gasteiger partial charge in [0.1, 0.15) is 5.69 Å². The Morgan fingerprint density at radius 2 is 1.82 bits per heavy atom. The van der Waals surface area contributed by atoms with Crippen LogP contribution in [-0.4, -0.2) is 20.5 Å². The first-order valence-electron chi connectivity index (χ1n) is 7.17. The van der Waals surface area contributed by atoms with E-state index < -0.39 is 0 Å². The van der Waals surface area contributed by atoms with Crippen LogP contribution < -0.4 is 5.32 Å². The van der Waals surface area contributed by atoms with Crippen LogP contribution in [0.3, 0.4) is 0 Å². The molecule has 0 aliphatic heterocycles. The summed E-state index contributed by atoms with van der Waals surface area (Å²) < 4.78 is 1.65. The number of rotatable bonds is 2. The number of carbonyl (C=O) groups excluding carboxylic acids is 1. The number of imidazole rings is 1. The lowest BCUT2D eigenvalue weighted by molar-refractivity contribution is 0.102. The van der Waals surface area contributed by atoms with E-state index in [2.05, 4.69) is 36.2 Å². The van der Waals surface area contributed by atoms with Gasteiger partial charge in [-0.3, -0.25) is 4.79 Å². The van der Waals surface area contributed by atoms with Crippen LogP contribution in [0.4, 0.5) is 5.69 Å². The van der Waals surface area contributed by atoms with E-state index in [1.165, 1.54) is 0 Å². The monoisotopic (exact) mass is 294 g/mol. The van der Waals surface area contributed by atoms with Gasteiger partial charge in [-0.15, -0.1) is 0 Å². The number of carbonyl (C=O) groups is 1. The highest BCUT2D eigenvalue weighted by Crippen LogP contribution is 2.21. The zero-order valence-electron chi connectivity index (χ0n) is 12.9. The Hall–Kier alpha value is -2.69. The van der Waals surface area contributed by atoms with Gasteiger partial charge in [0, 0.05) is 11.1 Å². The molecule has 0 saturated carbocycles. The molecule has 1 aromatic carbocycles. The average Bonchev–Trinajstić information content (AvgIpc) is 2.91. The van der Waals surface area contributed by atoms with Crippen LogP contribution in [0.5, 0.6) is 0 Å². The number of nitrogens with zero attached hydrogens (tertiary/aromatic N) is 3. The van der Waals surface area contributed by atoms with Crippen molar-refractivity contribution in [3.63, 3.8) is 0 Å². The summed E-state index contributed by atoms with van der Waals surface area (Å²) in [6.07, 6.45) is 1.87. The van der Waals surface area contributed by atoms with Gasteiger partial charge in [0.05, 0.1) is 11.9 Å². The van der Waals surface area contributed by atoms with Crippen molar-refractivity contribution < 1.29 is 4.79 Å². The van der Waals surface area contributed by atoms with Gasteiger partial charge >= 0.3 is 0 Å². The predicted octanol–water partition coefficient (Wildman–Crippen LogP) is 3.28. The van der Waals surface area contributed by atoms with E-state index in [1.807, 2.05) is 42.6 Å². The van der Waals surface area contributed by atoms with Gasteiger partial charge in [-0.2, -0.15) is 5.10 Å². The third-order valence-corrected chi connectivity index (χ3v) is 3.35. The van der Waals surface area contributed by atoms with Gasteiger partial charge in [0.15, 0.2) is 5.65 Å². The number of benzene rings is 1. The fraction of sp³-hybridized carbons (Fsp3) is 0.235. The summed E-state index contributed by atoms with van der Waals surface area (Å²) in [6.45, 7) is 6.29. The van der Waals surface area contributed by atoms with E-state index in [1.54, 1.807) is 10.6 Å². The van der Waals surface area contributed by atoms with Crippen molar-refractivity contribution in [1.82, 2.24) is 14.6 Å². The van der Waals surface area contributed by atoms with Crippen LogP contribution in [0.15, 0.2) is 48.7 Å². The van der Waals surface area contributed by atoms with Crippen LogP contribution in [0.1, 0.15) is 37.0 Å². The number of aromatic nitrogens is 3. The van der Waals surface area contributed by atoms with Crippen molar-refractivity contribution >= 4 is 17.2 Å². The highest BCUT2D eigenvalue weighted by Gasteiger charge is 2.18. The van der Waals surface area contributed by atoms with E-state index in [-0.39, 0.29) is 11.3 Å². The van der Waals surface area contributed by atoms with Crippen LogP contribution in [0.2, 0.25) is 0 Å². The van der Waals surface area contributed by atoms with E-state index >= 15 is 0 Å². The van der Waals surface area contributed by atoms with Gasteiger partial charge < -0.3 is 5.32 Å². The minimum Gasteiger partial charge on any atom is -0.321 e. The van der Waals surface area contributed by atoms with Gasteiger partial charge in [0.25, 0.3) is 5.91 Å². The Bertz CT molecular complexity index is 816.